The number of ketones is 1. The van der Waals surface area contributed by atoms with E-state index in [0.29, 0.717) is 11.7 Å². The van der Waals surface area contributed by atoms with E-state index in [4.69, 9.17) is 0 Å². The lowest BCUT2D eigenvalue weighted by Crippen LogP contribution is -1.93. The third kappa shape index (κ3) is 5.48. The van der Waals surface area contributed by atoms with Gasteiger partial charge in [0.1, 0.15) is 0 Å². The second kappa shape index (κ2) is 8.74. The SMILES string of the molecule is CC.CC1=C(C)C(C)CC1=O.c1ccccc1. The lowest BCUT2D eigenvalue weighted by atomic mass is 10.1. The van der Waals surface area contributed by atoms with Gasteiger partial charge in [0, 0.05) is 6.42 Å². The van der Waals surface area contributed by atoms with Gasteiger partial charge in [0.25, 0.3) is 0 Å². The molecule has 2 rings (SSSR count). The van der Waals surface area contributed by atoms with Gasteiger partial charge < -0.3 is 0 Å². The largest absolute Gasteiger partial charge is 0.295 e. The topological polar surface area (TPSA) is 17.1 Å². The van der Waals surface area contributed by atoms with Crippen molar-refractivity contribution in [3.05, 3.63) is 47.5 Å². The van der Waals surface area contributed by atoms with Crippen LogP contribution in [0.15, 0.2) is 47.5 Å². The molecule has 0 radical (unpaired) electrons. The smallest absolute Gasteiger partial charge is 0.159 e. The molecule has 0 aromatic heterocycles. The monoisotopic (exact) mass is 232 g/mol. The first-order chi connectivity index (χ1) is 8.13. The van der Waals surface area contributed by atoms with Crippen molar-refractivity contribution >= 4 is 5.78 Å². The maximum atomic E-state index is 10.9. The average molecular weight is 232 g/mol. The molecule has 0 amide bonds. The molecule has 1 aliphatic carbocycles. The molecule has 1 aromatic carbocycles. The van der Waals surface area contributed by atoms with Crippen LogP contribution in [0, 0.1) is 5.92 Å². The Morgan fingerprint density at radius 3 is 1.41 bits per heavy atom. The van der Waals surface area contributed by atoms with Crippen LogP contribution in [0.1, 0.15) is 41.0 Å². The lowest BCUT2D eigenvalue weighted by Gasteiger charge is -1.98. The fraction of sp³-hybridized carbons (Fsp3) is 0.438. The van der Waals surface area contributed by atoms with E-state index in [-0.39, 0.29) is 0 Å². The van der Waals surface area contributed by atoms with Crippen LogP contribution in [-0.4, -0.2) is 5.78 Å². The van der Waals surface area contributed by atoms with Crippen LogP contribution in [-0.2, 0) is 4.79 Å². The maximum Gasteiger partial charge on any atom is 0.159 e. The van der Waals surface area contributed by atoms with Crippen molar-refractivity contribution in [2.24, 2.45) is 5.92 Å². The number of carbonyl (C=O) groups is 1. The first-order valence-electron chi connectivity index (χ1n) is 6.33. The Morgan fingerprint density at radius 2 is 1.29 bits per heavy atom. The van der Waals surface area contributed by atoms with Gasteiger partial charge in [0.15, 0.2) is 5.78 Å². The number of benzene rings is 1. The molecule has 1 nitrogen and oxygen atoms in total. The molecule has 0 N–H and O–H groups in total. The molecule has 1 aliphatic rings. The van der Waals surface area contributed by atoms with Gasteiger partial charge >= 0.3 is 0 Å². The maximum absolute atomic E-state index is 10.9. The van der Waals surface area contributed by atoms with E-state index in [1.807, 2.05) is 64.1 Å². The Bertz CT molecular complexity index is 322. The molecule has 0 fully saturated rings. The van der Waals surface area contributed by atoms with Gasteiger partial charge in [-0.25, -0.2) is 0 Å². The fourth-order valence-corrected chi connectivity index (χ4v) is 1.56. The Labute approximate surface area is 106 Å². The van der Waals surface area contributed by atoms with Gasteiger partial charge in [-0.3, -0.25) is 4.79 Å². The quantitative estimate of drug-likeness (QED) is 0.636. The summed E-state index contributed by atoms with van der Waals surface area (Å²) in [4.78, 5) is 10.9. The zero-order valence-corrected chi connectivity index (χ0v) is 11.7. The van der Waals surface area contributed by atoms with Gasteiger partial charge in [0.2, 0.25) is 0 Å². The predicted molar refractivity (Wildman–Crippen MR) is 75.0 cm³/mol. The summed E-state index contributed by atoms with van der Waals surface area (Å²) in [5.41, 5.74) is 2.27. The van der Waals surface area contributed by atoms with Gasteiger partial charge in [-0.2, -0.15) is 0 Å². The summed E-state index contributed by atoms with van der Waals surface area (Å²) in [7, 11) is 0. The highest BCUT2D eigenvalue weighted by Crippen LogP contribution is 2.27. The van der Waals surface area contributed by atoms with Crippen LogP contribution < -0.4 is 0 Å². The van der Waals surface area contributed by atoms with Gasteiger partial charge in [0.05, 0.1) is 0 Å². The summed E-state index contributed by atoms with van der Waals surface area (Å²) in [6.07, 6.45) is 0.734. The minimum absolute atomic E-state index is 0.333. The molecule has 0 saturated carbocycles. The number of hydrogen-bond donors (Lipinski definition) is 0. The van der Waals surface area contributed by atoms with E-state index in [1.165, 1.54) is 5.57 Å². The van der Waals surface area contributed by atoms with Crippen molar-refractivity contribution in [1.82, 2.24) is 0 Å². The molecule has 1 unspecified atom stereocenters. The molecule has 94 valence electrons. The summed E-state index contributed by atoms with van der Waals surface area (Å²) in [5, 5.41) is 0. The molecule has 0 spiro atoms. The molecule has 0 aliphatic heterocycles. The third-order valence-corrected chi connectivity index (χ3v) is 2.91. The Morgan fingerprint density at radius 1 is 0.941 bits per heavy atom. The van der Waals surface area contributed by atoms with E-state index in [9.17, 15) is 4.79 Å². The third-order valence-electron chi connectivity index (χ3n) is 2.91. The van der Waals surface area contributed by atoms with Gasteiger partial charge in [-0.15, -0.1) is 0 Å². The molecule has 0 saturated heterocycles. The van der Waals surface area contributed by atoms with Crippen molar-refractivity contribution in [3.8, 4) is 0 Å². The number of Topliss-reactive ketones (excluding diaryl/α,β-unsaturated/α-hetero) is 1. The van der Waals surface area contributed by atoms with Crippen LogP contribution >= 0.6 is 0 Å². The average Bonchev–Trinajstić information content (AvgIpc) is 2.62. The summed E-state index contributed by atoms with van der Waals surface area (Å²) in [6.45, 7) is 10.1. The highest BCUT2D eigenvalue weighted by molar-refractivity contribution is 5.98. The fourth-order valence-electron chi connectivity index (χ4n) is 1.56. The van der Waals surface area contributed by atoms with Crippen molar-refractivity contribution in [2.45, 2.75) is 41.0 Å². The highest BCUT2D eigenvalue weighted by atomic mass is 16.1. The molecule has 17 heavy (non-hydrogen) atoms. The predicted octanol–water partition coefficient (Wildman–Crippen LogP) is 4.64. The molecule has 0 heterocycles. The minimum atomic E-state index is 0.333. The van der Waals surface area contributed by atoms with Crippen LogP contribution in [0.4, 0.5) is 0 Å². The zero-order chi connectivity index (χ0) is 13.3. The van der Waals surface area contributed by atoms with Gasteiger partial charge in [-0.1, -0.05) is 62.7 Å². The van der Waals surface area contributed by atoms with Crippen molar-refractivity contribution in [1.29, 1.82) is 0 Å². The first kappa shape index (κ1) is 15.6. The Kier molecular flexibility index (Phi) is 8.04. The van der Waals surface area contributed by atoms with Crippen LogP contribution in [0.3, 0.4) is 0 Å². The van der Waals surface area contributed by atoms with Crippen LogP contribution in [0.25, 0.3) is 0 Å². The van der Waals surface area contributed by atoms with E-state index in [2.05, 4.69) is 6.92 Å². The molecular weight excluding hydrogens is 208 g/mol. The minimum Gasteiger partial charge on any atom is -0.295 e. The Balaban J connectivity index is 0.000000278. The molecule has 1 heteroatoms. The summed E-state index contributed by atoms with van der Waals surface area (Å²) >= 11 is 0. The molecule has 1 atom stereocenters. The summed E-state index contributed by atoms with van der Waals surface area (Å²) in [5.74, 6) is 0.831. The van der Waals surface area contributed by atoms with Crippen molar-refractivity contribution in [2.75, 3.05) is 0 Å². The molecule has 1 aromatic rings. The van der Waals surface area contributed by atoms with E-state index < -0.39 is 0 Å². The molecule has 0 bridgehead atoms. The molecular formula is C16H24O. The summed E-state index contributed by atoms with van der Waals surface area (Å²) in [6, 6.07) is 12.0. The number of hydrogen-bond acceptors (Lipinski definition) is 1. The normalized spacial score (nSPS) is 17.9. The zero-order valence-electron chi connectivity index (χ0n) is 11.7. The second-order valence-corrected chi connectivity index (χ2v) is 3.99. The van der Waals surface area contributed by atoms with E-state index in [0.717, 1.165) is 12.0 Å². The van der Waals surface area contributed by atoms with Crippen molar-refractivity contribution < 1.29 is 4.79 Å². The second-order valence-electron chi connectivity index (χ2n) is 3.99. The Hall–Kier alpha value is -1.37. The highest BCUT2D eigenvalue weighted by Gasteiger charge is 2.22. The lowest BCUT2D eigenvalue weighted by molar-refractivity contribution is -0.115. The van der Waals surface area contributed by atoms with E-state index in [1.54, 1.807) is 0 Å². The summed E-state index contributed by atoms with van der Waals surface area (Å²) < 4.78 is 0. The first-order valence-corrected chi connectivity index (χ1v) is 6.33. The van der Waals surface area contributed by atoms with Crippen LogP contribution in [0.2, 0.25) is 0 Å². The number of allylic oxidation sites excluding steroid dienone is 2. The van der Waals surface area contributed by atoms with Crippen molar-refractivity contribution in [3.63, 3.8) is 0 Å². The number of carbonyl (C=O) groups excluding carboxylic acids is 1. The van der Waals surface area contributed by atoms with Gasteiger partial charge in [-0.05, 0) is 25.3 Å². The van der Waals surface area contributed by atoms with Crippen LogP contribution in [0.5, 0.6) is 0 Å². The van der Waals surface area contributed by atoms with E-state index >= 15 is 0 Å². The standard InChI is InChI=1S/C8H12O.C6H6.C2H6/c1-5-4-8(9)7(3)6(5)2;1-2-4-6-5-3-1;1-2/h5H,4H2,1-3H3;1-6H;1-2H3. The number of rotatable bonds is 0.